The van der Waals surface area contributed by atoms with Crippen LogP contribution in [0.15, 0.2) is 36.4 Å². The second kappa shape index (κ2) is 5.18. The van der Waals surface area contributed by atoms with Crippen LogP contribution in [0.3, 0.4) is 0 Å². The number of benzene rings is 2. The predicted molar refractivity (Wildman–Crippen MR) is 82.5 cm³/mol. The van der Waals surface area contributed by atoms with E-state index in [0.717, 1.165) is 5.56 Å². The molecule has 0 aliphatic carbocycles. The van der Waals surface area contributed by atoms with Crippen molar-refractivity contribution in [2.45, 2.75) is 6.92 Å². The van der Waals surface area contributed by atoms with Crippen molar-refractivity contribution in [3.05, 3.63) is 58.3 Å². The monoisotopic (exact) mass is 297 g/mol. The van der Waals surface area contributed by atoms with Crippen molar-refractivity contribution in [2.24, 2.45) is 0 Å². The van der Waals surface area contributed by atoms with Gasteiger partial charge in [0.05, 0.1) is 19.8 Å². The fraction of sp³-hybridized carbons (Fsp3) is 0.176. The van der Waals surface area contributed by atoms with E-state index in [9.17, 15) is 10.0 Å². The number of carbonyl (C=O) groups is 1. The number of nitrogens with zero attached hydrogens (tertiary/aromatic N) is 1. The molecular weight excluding hydrogens is 282 g/mol. The molecular formula is C17H15NO4. The van der Waals surface area contributed by atoms with E-state index in [0.29, 0.717) is 33.1 Å². The highest BCUT2D eigenvalue weighted by Gasteiger charge is 2.36. The summed E-state index contributed by atoms with van der Waals surface area (Å²) in [5.74, 6) is 0.741. The summed E-state index contributed by atoms with van der Waals surface area (Å²) in [7, 11) is 3.04. The molecule has 0 bridgehead atoms. The van der Waals surface area contributed by atoms with Crippen LogP contribution >= 0.6 is 0 Å². The Kier molecular flexibility index (Phi) is 3.33. The topological polar surface area (TPSA) is 61.6 Å². The number of ether oxygens (including phenoxy) is 2. The van der Waals surface area contributed by atoms with Gasteiger partial charge in [-0.25, -0.2) is 0 Å². The smallest absolute Gasteiger partial charge is 0.273 e. The molecule has 0 unspecified atom stereocenters. The van der Waals surface area contributed by atoms with Crippen molar-refractivity contribution in [1.29, 1.82) is 0 Å². The van der Waals surface area contributed by atoms with Crippen LogP contribution in [0.2, 0.25) is 0 Å². The molecule has 1 heterocycles. The summed E-state index contributed by atoms with van der Waals surface area (Å²) in [5, 5.41) is 12.5. The molecule has 1 aliphatic heterocycles. The van der Waals surface area contributed by atoms with E-state index in [2.05, 4.69) is 0 Å². The number of hydrogen-bond acceptors (Lipinski definition) is 4. The van der Waals surface area contributed by atoms with Gasteiger partial charge in [-0.15, -0.1) is 0 Å². The average Bonchev–Trinajstić information content (AvgIpc) is 2.77. The number of Topliss-reactive ketones (excluding diaryl/α,β-unsaturated/α-hetero) is 1. The molecule has 2 aromatic carbocycles. The Morgan fingerprint density at radius 1 is 1.00 bits per heavy atom. The molecule has 0 spiro atoms. The second-order valence-corrected chi connectivity index (χ2v) is 5.06. The van der Waals surface area contributed by atoms with Crippen molar-refractivity contribution in [3.63, 3.8) is 0 Å². The minimum absolute atomic E-state index is 0.0987. The van der Waals surface area contributed by atoms with Crippen molar-refractivity contribution in [1.82, 2.24) is 0 Å². The number of hydrogen-bond donors (Lipinski definition) is 0. The van der Waals surface area contributed by atoms with Crippen LogP contribution in [0.25, 0.3) is 0 Å². The summed E-state index contributed by atoms with van der Waals surface area (Å²) in [6, 6.07) is 10.2. The first kappa shape index (κ1) is 14.1. The minimum atomic E-state index is -0.277. The lowest BCUT2D eigenvalue weighted by Crippen LogP contribution is -2.16. The highest BCUT2D eigenvalue weighted by atomic mass is 16.5. The lowest BCUT2D eigenvalue weighted by Gasteiger charge is -2.08. The minimum Gasteiger partial charge on any atom is -0.618 e. The molecule has 112 valence electrons. The summed E-state index contributed by atoms with van der Waals surface area (Å²) in [6.45, 7) is 1.89. The quantitative estimate of drug-likeness (QED) is 0.645. The van der Waals surface area contributed by atoms with Crippen LogP contribution in [-0.4, -0.2) is 30.5 Å². The van der Waals surface area contributed by atoms with Crippen LogP contribution in [-0.2, 0) is 0 Å². The number of methoxy groups -OCH3 is 2. The fourth-order valence-electron chi connectivity index (χ4n) is 2.58. The second-order valence-electron chi connectivity index (χ2n) is 5.06. The summed E-state index contributed by atoms with van der Waals surface area (Å²) >= 11 is 0. The Bertz CT molecular complexity index is 808. The number of fused-ring (bicyclic) bond motifs is 1. The first-order valence-corrected chi connectivity index (χ1v) is 6.78. The highest BCUT2D eigenvalue weighted by Crippen LogP contribution is 2.32. The maximum atomic E-state index is 12.6. The van der Waals surface area contributed by atoms with E-state index < -0.39 is 0 Å². The summed E-state index contributed by atoms with van der Waals surface area (Å²) in [4.78, 5) is 12.6. The Morgan fingerprint density at radius 2 is 1.73 bits per heavy atom. The van der Waals surface area contributed by atoms with Gasteiger partial charge in [-0.2, -0.15) is 4.74 Å². The molecule has 2 aromatic rings. The molecule has 0 N–H and O–H groups in total. The zero-order chi connectivity index (χ0) is 15.9. The third-order valence-corrected chi connectivity index (χ3v) is 3.69. The largest absolute Gasteiger partial charge is 0.618 e. The van der Waals surface area contributed by atoms with Crippen molar-refractivity contribution in [3.8, 4) is 11.5 Å². The molecule has 0 saturated heterocycles. The van der Waals surface area contributed by atoms with Gasteiger partial charge in [-0.3, -0.25) is 4.79 Å². The molecule has 0 fully saturated rings. The van der Waals surface area contributed by atoms with Crippen LogP contribution in [0.4, 0.5) is 5.69 Å². The molecule has 0 aromatic heterocycles. The van der Waals surface area contributed by atoms with E-state index >= 15 is 0 Å². The SMILES string of the molecule is COc1ccc(C2=[N+]([O-])c3ccc(C)cc3C2=O)cc1OC. The number of ketones is 1. The van der Waals surface area contributed by atoms with Gasteiger partial charge in [0.15, 0.2) is 11.5 Å². The van der Waals surface area contributed by atoms with E-state index in [1.165, 1.54) is 14.2 Å². The van der Waals surface area contributed by atoms with Gasteiger partial charge in [0.2, 0.25) is 5.69 Å². The Morgan fingerprint density at radius 3 is 2.41 bits per heavy atom. The Hall–Kier alpha value is -2.82. The van der Waals surface area contributed by atoms with Gasteiger partial charge in [0.25, 0.3) is 11.5 Å². The Labute approximate surface area is 128 Å². The molecule has 0 amide bonds. The molecule has 3 rings (SSSR count). The number of carbonyl (C=O) groups excluding carboxylic acids is 1. The van der Waals surface area contributed by atoms with Gasteiger partial charge < -0.3 is 14.7 Å². The van der Waals surface area contributed by atoms with Crippen LogP contribution < -0.4 is 9.47 Å². The standard InChI is InChI=1S/C17H15NO4/c1-10-4-6-13-12(8-10)17(19)16(18(13)20)11-5-7-14(21-2)15(9-11)22-3/h4-9H,1-3H3. The molecule has 22 heavy (non-hydrogen) atoms. The highest BCUT2D eigenvalue weighted by molar-refractivity contribution is 6.52. The average molecular weight is 297 g/mol. The molecule has 5 heteroatoms. The fourth-order valence-corrected chi connectivity index (χ4v) is 2.58. The normalized spacial score (nSPS) is 13.3. The van der Waals surface area contributed by atoms with Crippen molar-refractivity contribution >= 4 is 17.2 Å². The maximum Gasteiger partial charge on any atom is 0.273 e. The molecule has 5 nitrogen and oxygen atoms in total. The zero-order valence-electron chi connectivity index (χ0n) is 12.5. The molecule has 0 saturated carbocycles. The van der Waals surface area contributed by atoms with Crippen molar-refractivity contribution in [2.75, 3.05) is 14.2 Å². The summed E-state index contributed by atoms with van der Waals surface area (Å²) in [6.07, 6.45) is 0. The summed E-state index contributed by atoms with van der Waals surface area (Å²) < 4.78 is 11.1. The Balaban J connectivity index is 2.14. The molecule has 0 atom stereocenters. The molecule has 0 radical (unpaired) electrons. The number of aryl methyl sites for hydroxylation is 1. The van der Waals surface area contributed by atoms with E-state index in [-0.39, 0.29) is 11.5 Å². The van der Waals surface area contributed by atoms with Gasteiger partial charge in [-0.05, 0) is 36.8 Å². The van der Waals surface area contributed by atoms with Crippen molar-refractivity contribution < 1.29 is 19.0 Å². The zero-order valence-corrected chi connectivity index (χ0v) is 12.5. The van der Waals surface area contributed by atoms with Gasteiger partial charge in [0, 0.05) is 6.07 Å². The first-order valence-electron chi connectivity index (χ1n) is 6.78. The molecule has 1 aliphatic rings. The van der Waals surface area contributed by atoms with Crippen LogP contribution in [0, 0.1) is 12.1 Å². The predicted octanol–water partition coefficient (Wildman–Crippen LogP) is 2.84. The summed E-state index contributed by atoms with van der Waals surface area (Å²) in [5.41, 5.74) is 2.35. The van der Waals surface area contributed by atoms with Crippen LogP contribution in [0.1, 0.15) is 21.5 Å². The van der Waals surface area contributed by atoms with Crippen LogP contribution in [0.5, 0.6) is 11.5 Å². The third-order valence-electron chi connectivity index (χ3n) is 3.69. The first-order chi connectivity index (χ1) is 10.6. The maximum absolute atomic E-state index is 12.6. The third kappa shape index (κ3) is 2.02. The van der Waals surface area contributed by atoms with E-state index in [1.807, 2.05) is 13.0 Å². The van der Waals surface area contributed by atoms with Gasteiger partial charge in [-0.1, -0.05) is 6.07 Å². The number of rotatable bonds is 3. The lowest BCUT2D eigenvalue weighted by atomic mass is 10.0. The van der Waals surface area contributed by atoms with E-state index in [4.69, 9.17) is 9.47 Å². The lowest BCUT2D eigenvalue weighted by molar-refractivity contribution is -0.355. The van der Waals surface area contributed by atoms with Gasteiger partial charge in [0.1, 0.15) is 5.56 Å². The van der Waals surface area contributed by atoms with E-state index in [1.54, 1.807) is 30.3 Å². The van der Waals surface area contributed by atoms with Gasteiger partial charge >= 0.3 is 0 Å².